The summed E-state index contributed by atoms with van der Waals surface area (Å²) in [6.07, 6.45) is -1.09. The number of hydrogen-bond donors (Lipinski definition) is 0. The molecule has 0 amide bonds. The molecule has 1 nitrogen and oxygen atoms in total. The van der Waals surface area contributed by atoms with Crippen molar-refractivity contribution >= 4 is 5.57 Å². The second-order valence-corrected chi connectivity index (χ2v) is 2.55. The molecule has 0 aromatic carbocycles. The molecule has 0 saturated carbocycles. The number of aromatic nitrogens is 1. The van der Waals surface area contributed by atoms with Gasteiger partial charge in [-0.1, -0.05) is 12.6 Å². The van der Waals surface area contributed by atoms with Crippen LogP contribution in [-0.4, -0.2) is 4.98 Å². The van der Waals surface area contributed by atoms with E-state index < -0.39 is 6.43 Å². The first-order chi connectivity index (χ1) is 5.61. The Hall–Kier alpha value is -1.25. The highest BCUT2D eigenvalue weighted by atomic mass is 19.3. The lowest BCUT2D eigenvalue weighted by atomic mass is 10.1. The molecule has 3 heteroatoms. The summed E-state index contributed by atoms with van der Waals surface area (Å²) in [7, 11) is 0. The number of pyridine rings is 1. The molecule has 1 aromatic heterocycles. The Balaban J connectivity index is 2.93. The second kappa shape index (κ2) is 3.43. The molecule has 0 unspecified atom stereocenters. The summed E-state index contributed by atoms with van der Waals surface area (Å²) in [5.41, 5.74) is 1.42. The largest absolute Gasteiger partial charge is 0.280 e. The molecule has 0 atom stereocenters. The third-order valence-electron chi connectivity index (χ3n) is 1.50. The van der Waals surface area contributed by atoms with Crippen LogP contribution in [0.15, 0.2) is 24.9 Å². The summed E-state index contributed by atoms with van der Waals surface area (Å²) in [6.45, 7) is 5.48. The number of nitrogens with zero attached hydrogens (tertiary/aromatic N) is 1. The Kier molecular flexibility index (Phi) is 2.53. The average Bonchev–Trinajstić information content (AvgIpc) is 2.04. The molecule has 0 fully saturated rings. The molecule has 1 aromatic rings. The third kappa shape index (κ3) is 1.87. The van der Waals surface area contributed by atoms with Crippen molar-refractivity contribution in [2.75, 3.05) is 0 Å². The summed E-state index contributed by atoms with van der Waals surface area (Å²) < 4.78 is 24.0. The van der Waals surface area contributed by atoms with Gasteiger partial charge in [0.1, 0.15) is 5.69 Å². The highest BCUT2D eigenvalue weighted by molar-refractivity contribution is 5.60. The Morgan fingerprint density at radius 1 is 1.50 bits per heavy atom. The van der Waals surface area contributed by atoms with Crippen molar-refractivity contribution in [2.24, 2.45) is 0 Å². The Morgan fingerprint density at radius 3 is 2.50 bits per heavy atom. The quantitative estimate of drug-likeness (QED) is 0.663. The van der Waals surface area contributed by atoms with Gasteiger partial charge in [0.05, 0.1) is 0 Å². The molecule has 0 spiro atoms. The van der Waals surface area contributed by atoms with Gasteiger partial charge in [-0.15, -0.1) is 0 Å². The van der Waals surface area contributed by atoms with Crippen LogP contribution < -0.4 is 0 Å². The van der Waals surface area contributed by atoms with Crippen molar-refractivity contribution < 1.29 is 8.78 Å². The van der Waals surface area contributed by atoms with Crippen LogP contribution in [0.2, 0.25) is 0 Å². The second-order valence-electron chi connectivity index (χ2n) is 2.55. The Morgan fingerprint density at radius 2 is 2.17 bits per heavy atom. The van der Waals surface area contributed by atoms with E-state index in [4.69, 9.17) is 0 Å². The average molecular weight is 169 g/mol. The van der Waals surface area contributed by atoms with Gasteiger partial charge in [0.2, 0.25) is 0 Å². The lowest BCUT2D eigenvalue weighted by Crippen LogP contribution is -1.90. The smallest absolute Gasteiger partial charge is 0.255 e. The highest BCUT2D eigenvalue weighted by Gasteiger charge is 2.07. The first-order valence-electron chi connectivity index (χ1n) is 3.51. The summed E-state index contributed by atoms with van der Waals surface area (Å²) in [4.78, 5) is 3.59. The van der Waals surface area contributed by atoms with Gasteiger partial charge in [0, 0.05) is 6.20 Å². The van der Waals surface area contributed by atoms with Crippen LogP contribution in [0.1, 0.15) is 24.6 Å². The zero-order valence-corrected chi connectivity index (χ0v) is 6.72. The van der Waals surface area contributed by atoms with Crippen LogP contribution in [0.25, 0.3) is 5.57 Å². The van der Waals surface area contributed by atoms with E-state index in [2.05, 4.69) is 11.6 Å². The molecule has 1 heterocycles. The zero-order chi connectivity index (χ0) is 9.14. The van der Waals surface area contributed by atoms with Crippen LogP contribution in [-0.2, 0) is 0 Å². The van der Waals surface area contributed by atoms with Crippen LogP contribution in [0.4, 0.5) is 8.78 Å². The van der Waals surface area contributed by atoms with Crippen molar-refractivity contribution in [3.8, 4) is 0 Å². The van der Waals surface area contributed by atoms with Gasteiger partial charge in [0.15, 0.2) is 0 Å². The molecular weight excluding hydrogens is 160 g/mol. The number of halogens is 2. The van der Waals surface area contributed by atoms with Gasteiger partial charge in [-0.2, -0.15) is 0 Å². The van der Waals surface area contributed by atoms with E-state index in [1.807, 2.05) is 0 Å². The fraction of sp³-hybridized carbons (Fsp3) is 0.222. The molecule has 0 N–H and O–H groups in total. The predicted octanol–water partition coefficient (Wildman–Crippen LogP) is 3.05. The maximum absolute atomic E-state index is 12.0. The van der Waals surface area contributed by atoms with Crippen molar-refractivity contribution in [2.45, 2.75) is 13.3 Å². The van der Waals surface area contributed by atoms with E-state index in [1.54, 1.807) is 13.0 Å². The van der Waals surface area contributed by atoms with Gasteiger partial charge >= 0.3 is 0 Å². The van der Waals surface area contributed by atoms with E-state index in [0.29, 0.717) is 0 Å². The van der Waals surface area contributed by atoms with Gasteiger partial charge in [0.25, 0.3) is 6.43 Å². The standard InChI is InChI=1S/C9H9F2N/c1-6(2)7-3-4-8(9(10)11)12-5-7/h3-5,9H,1H2,2H3. The molecule has 0 radical (unpaired) electrons. The SMILES string of the molecule is C=C(C)c1ccc(C(F)F)nc1. The minimum absolute atomic E-state index is 0.194. The van der Waals surface area contributed by atoms with E-state index in [1.165, 1.54) is 12.3 Å². The molecule has 0 aliphatic heterocycles. The van der Waals surface area contributed by atoms with Gasteiger partial charge in [-0.05, 0) is 24.1 Å². The summed E-state index contributed by atoms with van der Waals surface area (Å²) in [5.74, 6) is 0. The van der Waals surface area contributed by atoms with Crippen molar-refractivity contribution in [1.82, 2.24) is 4.98 Å². The lowest BCUT2D eigenvalue weighted by Gasteiger charge is -2.00. The summed E-state index contributed by atoms with van der Waals surface area (Å²) in [5, 5.41) is 0. The number of allylic oxidation sites excluding steroid dienone is 1. The van der Waals surface area contributed by atoms with E-state index >= 15 is 0 Å². The van der Waals surface area contributed by atoms with Gasteiger partial charge < -0.3 is 0 Å². The third-order valence-corrected chi connectivity index (χ3v) is 1.50. The highest BCUT2D eigenvalue weighted by Crippen LogP contribution is 2.17. The maximum Gasteiger partial charge on any atom is 0.280 e. The minimum Gasteiger partial charge on any atom is -0.255 e. The maximum atomic E-state index is 12.0. The van der Waals surface area contributed by atoms with Crippen LogP contribution >= 0.6 is 0 Å². The Labute approximate surface area is 69.8 Å². The predicted molar refractivity (Wildman–Crippen MR) is 43.9 cm³/mol. The number of rotatable bonds is 2. The minimum atomic E-state index is -2.50. The molecule has 0 aliphatic carbocycles. The van der Waals surface area contributed by atoms with Crippen LogP contribution in [0.3, 0.4) is 0 Å². The van der Waals surface area contributed by atoms with Crippen LogP contribution in [0.5, 0.6) is 0 Å². The summed E-state index contributed by atoms with van der Waals surface area (Å²) in [6, 6.07) is 2.91. The van der Waals surface area contributed by atoms with Crippen LogP contribution in [0, 0.1) is 0 Å². The fourth-order valence-electron chi connectivity index (χ4n) is 0.787. The van der Waals surface area contributed by atoms with Crippen molar-refractivity contribution in [3.05, 3.63) is 36.2 Å². The van der Waals surface area contributed by atoms with Crippen molar-refractivity contribution in [3.63, 3.8) is 0 Å². The van der Waals surface area contributed by atoms with Gasteiger partial charge in [-0.25, -0.2) is 8.78 Å². The monoisotopic (exact) mass is 169 g/mol. The molecule has 12 heavy (non-hydrogen) atoms. The first kappa shape index (κ1) is 8.84. The van der Waals surface area contributed by atoms with E-state index in [-0.39, 0.29) is 5.69 Å². The summed E-state index contributed by atoms with van der Waals surface area (Å²) >= 11 is 0. The molecule has 0 saturated heterocycles. The molecule has 1 rings (SSSR count). The molecule has 0 aliphatic rings. The lowest BCUT2D eigenvalue weighted by molar-refractivity contribution is 0.146. The number of hydrogen-bond acceptors (Lipinski definition) is 1. The molecule has 0 bridgehead atoms. The van der Waals surface area contributed by atoms with Gasteiger partial charge in [-0.3, -0.25) is 4.98 Å². The van der Waals surface area contributed by atoms with E-state index in [0.717, 1.165) is 11.1 Å². The zero-order valence-electron chi connectivity index (χ0n) is 6.72. The fourth-order valence-corrected chi connectivity index (χ4v) is 0.787. The van der Waals surface area contributed by atoms with Crippen molar-refractivity contribution in [1.29, 1.82) is 0 Å². The molecule has 64 valence electrons. The van der Waals surface area contributed by atoms with E-state index in [9.17, 15) is 8.78 Å². The molecular formula is C9H9F2N. The normalized spacial score (nSPS) is 10.3. The number of alkyl halides is 2. The first-order valence-corrected chi connectivity index (χ1v) is 3.51. The topological polar surface area (TPSA) is 12.9 Å². The Bertz CT molecular complexity index is 277.